The quantitative estimate of drug-likeness (QED) is 0.337. The fraction of sp³-hybridized carbons (Fsp3) is 0.429. The zero-order valence-corrected chi connectivity index (χ0v) is 20.7. The largest absolute Gasteiger partial charge is 0.482 e. The van der Waals surface area contributed by atoms with Crippen molar-refractivity contribution >= 4 is 11.6 Å². The first-order chi connectivity index (χ1) is 16.8. The number of ether oxygens (including phenoxy) is 1. The number of amides is 1. The summed E-state index contributed by atoms with van der Waals surface area (Å²) in [7, 11) is 0. The summed E-state index contributed by atoms with van der Waals surface area (Å²) < 4.78 is 63.1. The van der Waals surface area contributed by atoms with Crippen molar-refractivity contribution in [3.05, 3.63) is 76.4 Å². The van der Waals surface area contributed by atoms with Crippen LogP contribution in [0.2, 0.25) is 0 Å². The SMILES string of the molecule is CC1=C=C(C(F)(F)F)N2c3ccccc3OC3(CCN(C(=O)c4ccc(C(C)(C)C)c(F)c4)CC3)C12. The molecule has 1 spiro atoms. The Bertz CT molecular complexity index is 1290. The van der Waals surface area contributed by atoms with Crippen LogP contribution in [0.1, 0.15) is 56.5 Å². The van der Waals surface area contributed by atoms with Gasteiger partial charge in [-0.05, 0) is 47.7 Å². The number of para-hydroxylation sites is 2. The highest BCUT2D eigenvalue weighted by molar-refractivity contribution is 5.94. The van der Waals surface area contributed by atoms with E-state index in [1.165, 1.54) is 11.0 Å². The normalized spacial score (nSPS) is 20.9. The van der Waals surface area contributed by atoms with Crippen molar-refractivity contribution in [1.29, 1.82) is 0 Å². The number of hydrogen-bond acceptors (Lipinski definition) is 3. The smallest absolute Gasteiger partial charge is 0.439 e. The summed E-state index contributed by atoms with van der Waals surface area (Å²) in [4.78, 5) is 16.1. The van der Waals surface area contributed by atoms with Crippen LogP contribution in [0.25, 0.3) is 0 Å². The molecule has 5 rings (SSSR count). The lowest BCUT2D eigenvalue weighted by Crippen LogP contribution is -2.63. The highest BCUT2D eigenvalue weighted by Gasteiger charge is 2.57. The first-order valence-corrected chi connectivity index (χ1v) is 12.0. The summed E-state index contributed by atoms with van der Waals surface area (Å²) in [6, 6.07) is 10.6. The maximum absolute atomic E-state index is 14.7. The number of carbonyl (C=O) groups excluding carboxylic acids is 1. The van der Waals surface area contributed by atoms with Crippen molar-refractivity contribution < 1.29 is 27.1 Å². The van der Waals surface area contributed by atoms with Gasteiger partial charge in [-0.25, -0.2) is 4.39 Å². The third-order valence-electron chi connectivity index (χ3n) is 7.35. The summed E-state index contributed by atoms with van der Waals surface area (Å²) in [5.41, 5.74) is 2.00. The molecule has 1 saturated heterocycles. The molecule has 1 fully saturated rings. The van der Waals surface area contributed by atoms with E-state index < -0.39 is 29.3 Å². The minimum absolute atomic E-state index is 0.256. The molecule has 8 heteroatoms. The molecule has 2 aromatic carbocycles. The van der Waals surface area contributed by atoms with Gasteiger partial charge in [0.25, 0.3) is 5.91 Å². The first kappa shape index (κ1) is 24.4. The lowest BCUT2D eigenvalue weighted by atomic mass is 9.79. The lowest BCUT2D eigenvalue weighted by Gasteiger charge is -2.52. The fourth-order valence-electron chi connectivity index (χ4n) is 5.65. The number of piperidine rings is 1. The molecule has 1 unspecified atom stereocenters. The molecule has 0 aliphatic carbocycles. The molecule has 2 aromatic rings. The average Bonchev–Trinajstić information content (AvgIpc) is 3.17. The predicted octanol–water partition coefficient (Wildman–Crippen LogP) is 6.37. The van der Waals surface area contributed by atoms with Crippen molar-refractivity contribution in [2.75, 3.05) is 18.0 Å². The van der Waals surface area contributed by atoms with E-state index in [0.717, 1.165) is 0 Å². The van der Waals surface area contributed by atoms with Crippen LogP contribution in [0.5, 0.6) is 5.75 Å². The maximum atomic E-state index is 14.7. The Balaban J connectivity index is 1.41. The van der Waals surface area contributed by atoms with E-state index in [2.05, 4.69) is 5.73 Å². The molecule has 0 aromatic heterocycles. The van der Waals surface area contributed by atoms with Crippen LogP contribution in [0.3, 0.4) is 0 Å². The van der Waals surface area contributed by atoms with E-state index in [4.69, 9.17) is 4.74 Å². The number of carbonyl (C=O) groups is 1. The molecule has 190 valence electrons. The molecule has 1 amide bonds. The van der Waals surface area contributed by atoms with Gasteiger partial charge in [0.2, 0.25) is 0 Å². The number of fused-ring (bicyclic) bond motifs is 4. The number of anilines is 1. The summed E-state index contributed by atoms with van der Waals surface area (Å²) >= 11 is 0. The minimum atomic E-state index is -4.57. The van der Waals surface area contributed by atoms with Gasteiger partial charge in [-0.2, -0.15) is 13.2 Å². The second kappa shape index (κ2) is 8.13. The van der Waals surface area contributed by atoms with Crippen LogP contribution in [0, 0.1) is 5.82 Å². The van der Waals surface area contributed by atoms with Crippen LogP contribution in [-0.4, -0.2) is 41.7 Å². The maximum Gasteiger partial charge on any atom is 0.439 e. The molecule has 36 heavy (non-hydrogen) atoms. The van der Waals surface area contributed by atoms with Gasteiger partial charge in [-0.1, -0.05) is 44.7 Å². The second-order valence-corrected chi connectivity index (χ2v) is 10.8. The lowest BCUT2D eigenvalue weighted by molar-refractivity contribution is -0.0958. The van der Waals surface area contributed by atoms with Crippen molar-refractivity contribution in [2.45, 2.75) is 63.8 Å². The Morgan fingerprint density at radius 1 is 1.08 bits per heavy atom. The zero-order valence-electron chi connectivity index (χ0n) is 20.7. The van der Waals surface area contributed by atoms with Crippen LogP contribution in [0.15, 0.2) is 59.5 Å². The molecule has 0 bridgehead atoms. The van der Waals surface area contributed by atoms with Crippen LogP contribution >= 0.6 is 0 Å². The molecule has 0 radical (unpaired) electrons. The highest BCUT2D eigenvalue weighted by atomic mass is 19.4. The molecule has 4 nitrogen and oxygen atoms in total. The number of rotatable bonds is 1. The molecule has 0 N–H and O–H groups in total. The molecular weight excluding hydrogens is 472 g/mol. The third-order valence-corrected chi connectivity index (χ3v) is 7.35. The molecule has 1 atom stereocenters. The van der Waals surface area contributed by atoms with E-state index in [1.54, 1.807) is 48.2 Å². The number of nitrogens with zero attached hydrogens (tertiary/aromatic N) is 2. The first-order valence-electron chi connectivity index (χ1n) is 12.0. The average molecular weight is 501 g/mol. The van der Waals surface area contributed by atoms with E-state index >= 15 is 0 Å². The van der Waals surface area contributed by atoms with Gasteiger partial charge in [-0.15, -0.1) is 0 Å². The van der Waals surface area contributed by atoms with Crippen molar-refractivity contribution in [1.82, 2.24) is 4.90 Å². The van der Waals surface area contributed by atoms with E-state index in [9.17, 15) is 22.4 Å². The van der Waals surface area contributed by atoms with Gasteiger partial charge < -0.3 is 14.5 Å². The van der Waals surface area contributed by atoms with Gasteiger partial charge >= 0.3 is 6.18 Å². The number of likely N-dealkylation sites (tertiary alicyclic amines) is 1. The molecular formula is C28H28F4N2O2. The van der Waals surface area contributed by atoms with E-state index in [-0.39, 0.29) is 30.0 Å². The van der Waals surface area contributed by atoms with Crippen molar-refractivity contribution in [2.24, 2.45) is 0 Å². The summed E-state index contributed by atoms with van der Waals surface area (Å²) in [5, 5.41) is 0. The number of hydrogen-bond donors (Lipinski definition) is 0. The number of alkyl halides is 3. The molecule has 0 saturated carbocycles. The zero-order chi connectivity index (χ0) is 26.0. The van der Waals surface area contributed by atoms with Crippen LogP contribution < -0.4 is 9.64 Å². The summed E-state index contributed by atoms with van der Waals surface area (Å²) in [6.45, 7) is 7.92. The van der Waals surface area contributed by atoms with Crippen LogP contribution in [0.4, 0.5) is 23.2 Å². The topological polar surface area (TPSA) is 32.8 Å². The van der Waals surface area contributed by atoms with E-state index in [1.807, 2.05) is 20.8 Å². The Hall–Kier alpha value is -3.25. The Kier molecular flexibility index (Phi) is 5.52. The minimum Gasteiger partial charge on any atom is -0.482 e. The fourth-order valence-corrected chi connectivity index (χ4v) is 5.65. The molecule has 3 aliphatic rings. The Morgan fingerprint density at radius 2 is 1.75 bits per heavy atom. The number of halogens is 4. The number of benzene rings is 2. The van der Waals surface area contributed by atoms with Crippen LogP contribution in [-0.2, 0) is 5.41 Å². The van der Waals surface area contributed by atoms with Crippen molar-refractivity contribution in [3.8, 4) is 5.75 Å². The summed E-state index contributed by atoms with van der Waals surface area (Å²) in [6.07, 6.45) is -3.90. The van der Waals surface area contributed by atoms with Gasteiger partial charge in [0.1, 0.15) is 23.2 Å². The van der Waals surface area contributed by atoms with Gasteiger partial charge in [-0.3, -0.25) is 4.79 Å². The van der Waals surface area contributed by atoms with E-state index in [0.29, 0.717) is 35.4 Å². The summed E-state index contributed by atoms with van der Waals surface area (Å²) in [5.74, 6) is -0.348. The van der Waals surface area contributed by atoms with Gasteiger partial charge in [0.15, 0.2) is 5.70 Å². The van der Waals surface area contributed by atoms with Gasteiger partial charge in [0.05, 0.1) is 5.69 Å². The third kappa shape index (κ3) is 3.88. The Labute approximate surface area is 207 Å². The van der Waals surface area contributed by atoms with Gasteiger partial charge in [0, 0.05) is 31.5 Å². The monoisotopic (exact) mass is 500 g/mol. The highest BCUT2D eigenvalue weighted by Crippen LogP contribution is 2.52. The Morgan fingerprint density at radius 3 is 2.36 bits per heavy atom. The molecule has 3 heterocycles. The second-order valence-electron chi connectivity index (χ2n) is 10.8. The molecule has 3 aliphatic heterocycles. The van der Waals surface area contributed by atoms with Crippen molar-refractivity contribution in [3.63, 3.8) is 0 Å². The standard InChI is InChI=1S/C28H28F4N2O2/c1-17-15-23(28(30,31)32)34-21-7-5-6-8-22(21)36-27(24(17)34)11-13-33(14-12-27)25(35)18-9-10-19(20(29)16-18)26(2,3)4/h5-10,16,24H,11-14H2,1-4H3. The predicted molar refractivity (Wildman–Crippen MR) is 129 cm³/mol.